The van der Waals surface area contributed by atoms with Crippen LogP contribution in [0.2, 0.25) is 0 Å². The Hall–Kier alpha value is -1.58. The van der Waals surface area contributed by atoms with E-state index in [-0.39, 0.29) is 6.61 Å². The normalized spacial score (nSPS) is 10.7. The number of nitrogens with one attached hydrogen (secondary N) is 1. The Morgan fingerprint density at radius 3 is 2.88 bits per heavy atom. The van der Waals surface area contributed by atoms with Crippen molar-refractivity contribution in [3.8, 4) is 5.69 Å². The lowest BCUT2D eigenvalue weighted by Crippen LogP contribution is -2.19. The van der Waals surface area contributed by atoms with Gasteiger partial charge in [-0.1, -0.05) is 12.1 Å². The molecule has 1 aromatic heterocycles. The van der Waals surface area contributed by atoms with Crippen LogP contribution in [-0.2, 0) is 6.54 Å². The van der Waals surface area contributed by atoms with E-state index in [0.717, 1.165) is 6.54 Å². The van der Waals surface area contributed by atoms with Crippen molar-refractivity contribution in [3.05, 3.63) is 53.9 Å². The fourth-order valence-corrected chi connectivity index (χ4v) is 1.89. The average Bonchev–Trinajstić information content (AvgIpc) is 2.78. The Labute approximate surface area is 102 Å². The number of aromatic nitrogens is 1. The van der Waals surface area contributed by atoms with E-state index in [4.69, 9.17) is 5.11 Å². The second kappa shape index (κ2) is 5.66. The molecule has 0 amide bonds. The third kappa shape index (κ3) is 2.96. The summed E-state index contributed by atoms with van der Waals surface area (Å²) in [6, 6.07) is 12.6. The van der Waals surface area contributed by atoms with Crippen LogP contribution in [0, 0.1) is 6.92 Å². The first-order valence-electron chi connectivity index (χ1n) is 5.86. The summed E-state index contributed by atoms with van der Waals surface area (Å²) in [5.74, 6) is 0. The van der Waals surface area contributed by atoms with Crippen molar-refractivity contribution in [3.63, 3.8) is 0 Å². The van der Waals surface area contributed by atoms with Gasteiger partial charge in [0.25, 0.3) is 0 Å². The molecule has 0 saturated heterocycles. The van der Waals surface area contributed by atoms with E-state index in [1.165, 1.54) is 16.9 Å². The molecule has 2 rings (SSSR count). The minimum atomic E-state index is 0.172. The van der Waals surface area contributed by atoms with E-state index in [1.54, 1.807) is 0 Å². The molecule has 17 heavy (non-hydrogen) atoms. The van der Waals surface area contributed by atoms with Crippen LogP contribution in [0.15, 0.2) is 42.6 Å². The highest BCUT2D eigenvalue weighted by molar-refractivity contribution is 5.37. The Kier molecular flexibility index (Phi) is 3.96. The molecule has 90 valence electrons. The molecule has 1 heterocycles. The number of aryl methyl sites for hydroxylation is 1. The van der Waals surface area contributed by atoms with Crippen LogP contribution in [0.4, 0.5) is 0 Å². The zero-order chi connectivity index (χ0) is 12.1. The van der Waals surface area contributed by atoms with Crippen LogP contribution in [-0.4, -0.2) is 22.8 Å². The first-order valence-corrected chi connectivity index (χ1v) is 5.86. The minimum Gasteiger partial charge on any atom is -0.395 e. The van der Waals surface area contributed by atoms with Gasteiger partial charge in [0.1, 0.15) is 0 Å². The highest BCUT2D eigenvalue weighted by Crippen LogP contribution is 2.14. The van der Waals surface area contributed by atoms with Gasteiger partial charge < -0.3 is 15.0 Å². The fraction of sp³-hybridized carbons (Fsp3) is 0.286. The molecule has 0 spiro atoms. The molecule has 0 saturated carbocycles. The van der Waals surface area contributed by atoms with E-state index < -0.39 is 0 Å². The van der Waals surface area contributed by atoms with E-state index in [0.29, 0.717) is 6.54 Å². The first kappa shape index (κ1) is 11.9. The largest absolute Gasteiger partial charge is 0.395 e. The highest BCUT2D eigenvalue weighted by Gasteiger charge is 2.02. The van der Waals surface area contributed by atoms with E-state index in [1.807, 2.05) is 6.07 Å². The second-order valence-electron chi connectivity index (χ2n) is 4.11. The molecular formula is C14H18N2O. The van der Waals surface area contributed by atoms with Gasteiger partial charge in [0.2, 0.25) is 0 Å². The standard InChI is InChI=1S/C14H18N2O/c1-12-4-2-5-13(10-12)16-8-3-6-14(16)11-15-7-9-17/h2-6,8,10,15,17H,7,9,11H2,1H3. The van der Waals surface area contributed by atoms with E-state index in [2.05, 4.69) is 53.3 Å². The predicted molar refractivity (Wildman–Crippen MR) is 69.3 cm³/mol. The maximum atomic E-state index is 8.75. The lowest BCUT2D eigenvalue weighted by molar-refractivity contribution is 0.291. The van der Waals surface area contributed by atoms with Gasteiger partial charge in [-0.25, -0.2) is 0 Å². The quantitative estimate of drug-likeness (QED) is 0.769. The summed E-state index contributed by atoms with van der Waals surface area (Å²) >= 11 is 0. The molecule has 3 nitrogen and oxygen atoms in total. The smallest absolute Gasteiger partial charge is 0.0556 e. The number of nitrogens with zero attached hydrogens (tertiary/aromatic N) is 1. The lowest BCUT2D eigenvalue weighted by Gasteiger charge is -2.10. The van der Waals surface area contributed by atoms with Crippen LogP contribution in [0.25, 0.3) is 5.69 Å². The molecular weight excluding hydrogens is 212 g/mol. The predicted octanol–water partition coefficient (Wildman–Crippen LogP) is 1.87. The highest BCUT2D eigenvalue weighted by atomic mass is 16.3. The van der Waals surface area contributed by atoms with Gasteiger partial charge in [0, 0.05) is 30.7 Å². The number of aliphatic hydroxyl groups excluding tert-OH is 1. The molecule has 3 heteroatoms. The van der Waals surface area contributed by atoms with Gasteiger partial charge >= 0.3 is 0 Å². The summed E-state index contributed by atoms with van der Waals surface area (Å²) in [5, 5.41) is 11.9. The number of aliphatic hydroxyl groups is 1. The van der Waals surface area contributed by atoms with E-state index >= 15 is 0 Å². The van der Waals surface area contributed by atoms with Crippen molar-refractivity contribution < 1.29 is 5.11 Å². The van der Waals surface area contributed by atoms with Gasteiger partial charge in [0.15, 0.2) is 0 Å². The van der Waals surface area contributed by atoms with Crippen LogP contribution in [0.5, 0.6) is 0 Å². The third-order valence-electron chi connectivity index (χ3n) is 2.71. The third-order valence-corrected chi connectivity index (χ3v) is 2.71. The minimum absolute atomic E-state index is 0.172. The summed E-state index contributed by atoms with van der Waals surface area (Å²) < 4.78 is 2.16. The second-order valence-corrected chi connectivity index (χ2v) is 4.11. The SMILES string of the molecule is Cc1cccc(-n2cccc2CNCCO)c1. The Morgan fingerprint density at radius 2 is 2.12 bits per heavy atom. The topological polar surface area (TPSA) is 37.2 Å². The van der Waals surface area contributed by atoms with Crippen molar-refractivity contribution in [1.82, 2.24) is 9.88 Å². The molecule has 1 aromatic carbocycles. The Morgan fingerprint density at radius 1 is 1.24 bits per heavy atom. The van der Waals surface area contributed by atoms with Gasteiger partial charge in [-0.15, -0.1) is 0 Å². The Balaban J connectivity index is 2.18. The maximum Gasteiger partial charge on any atom is 0.0556 e. The molecule has 2 aromatic rings. The number of hydrogen-bond donors (Lipinski definition) is 2. The average molecular weight is 230 g/mol. The van der Waals surface area contributed by atoms with Gasteiger partial charge in [-0.2, -0.15) is 0 Å². The van der Waals surface area contributed by atoms with Crippen molar-refractivity contribution in [1.29, 1.82) is 0 Å². The van der Waals surface area contributed by atoms with Crippen molar-refractivity contribution in [2.75, 3.05) is 13.2 Å². The molecule has 0 atom stereocenters. The summed E-state index contributed by atoms with van der Waals surface area (Å²) in [6.07, 6.45) is 2.06. The summed E-state index contributed by atoms with van der Waals surface area (Å²) in [5.41, 5.74) is 3.63. The Bertz CT molecular complexity index is 477. The number of hydrogen-bond acceptors (Lipinski definition) is 2. The van der Waals surface area contributed by atoms with Crippen molar-refractivity contribution in [2.45, 2.75) is 13.5 Å². The summed E-state index contributed by atoms with van der Waals surface area (Å²) in [7, 11) is 0. The molecule has 2 N–H and O–H groups in total. The van der Waals surface area contributed by atoms with Crippen LogP contribution in [0.1, 0.15) is 11.3 Å². The van der Waals surface area contributed by atoms with Crippen molar-refractivity contribution in [2.24, 2.45) is 0 Å². The molecule has 0 bridgehead atoms. The monoisotopic (exact) mass is 230 g/mol. The van der Waals surface area contributed by atoms with Crippen LogP contribution >= 0.6 is 0 Å². The fourth-order valence-electron chi connectivity index (χ4n) is 1.89. The van der Waals surface area contributed by atoms with Gasteiger partial charge in [-0.3, -0.25) is 0 Å². The summed E-state index contributed by atoms with van der Waals surface area (Å²) in [6.45, 7) is 3.66. The number of benzene rings is 1. The van der Waals surface area contributed by atoms with Crippen molar-refractivity contribution >= 4 is 0 Å². The van der Waals surface area contributed by atoms with E-state index in [9.17, 15) is 0 Å². The maximum absolute atomic E-state index is 8.75. The zero-order valence-electron chi connectivity index (χ0n) is 10.1. The van der Waals surface area contributed by atoms with Gasteiger partial charge in [0.05, 0.1) is 6.61 Å². The first-order chi connectivity index (χ1) is 8.31. The molecule has 0 unspecified atom stereocenters. The van der Waals surface area contributed by atoms with Gasteiger partial charge in [-0.05, 0) is 36.8 Å². The molecule has 0 aliphatic carbocycles. The molecule has 0 radical (unpaired) electrons. The van der Waals surface area contributed by atoms with Crippen LogP contribution < -0.4 is 5.32 Å². The molecule has 0 fully saturated rings. The summed E-state index contributed by atoms with van der Waals surface area (Å²) in [4.78, 5) is 0. The lowest BCUT2D eigenvalue weighted by atomic mass is 10.2. The number of rotatable bonds is 5. The molecule has 0 aliphatic rings. The zero-order valence-corrected chi connectivity index (χ0v) is 10.1. The van der Waals surface area contributed by atoms with Crippen LogP contribution in [0.3, 0.4) is 0 Å². The molecule has 0 aliphatic heterocycles.